The summed E-state index contributed by atoms with van der Waals surface area (Å²) in [4.78, 5) is 0. The monoisotopic (exact) mass is 335 g/mol. The Bertz CT molecular complexity index is 426. The van der Waals surface area contributed by atoms with E-state index >= 15 is 0 Å². The Hall–Kier alpha value is -0.450. The van der Waals surface area contributed by atoms with Crippen molar-refractivity contribution >= 4 is 28.3 Å². The van der Waals surface area contributed by atoms with Crippen molar-refractivity contribution in [2.45, 2.75) is 25.3 Å². The molecule has 1 aromatic rings. The first-order chi connectivity index (χ1) is 8.21. The van der Waals surface area contributed by atoms with Gasteiger partial charge >= 0.3 is 0 Å². The normalized spacial score (nSPS) is 17.7. The number of halogens is 2. The van der Waals surface area contributed by atoms with Gasteiger partial charge in [0.1, 0.15) is 11.5 Å². The first-order valence-electron chi connectivity index (χ1n) is 5.80. The molecule has 5 heteroatoms. The molecule has 0 bridgehead atoms. The molecule has 1 aliphatic carbocycles. The molecule has 0 radical (unpaired) electrons. The predicted molar refractivity (Wildman–Crippen MR) is 79.4 cm³/mol. The molecule has 0 heterocycles. The van der Waals surface area contributed by atoms with Crippen LogP contribution in [0.2, 0.25) is 0 Å². The second-order valence-electron chi connectivity index (χ2n) is 4.28. The molecule has 1 atom stereocenters. The summed E-state index contributed by atoms with van der Waals surface area (Å²) in [6.45, 7) is 0. The van der Waals surface area contributed by atoms with Crippen molar-refractivity contribution in [3.8, 4) is 11.5 Å². The SMILES string of the molecule is CNC1CCc2c(OC)cc(Br)c(OC)c2C1.Cl. The average molecular weight is 337 g/mol. The molecule has 0 spiro atoms. The molecule has 1 N–H and O–H groups in total. The summed E-state index contributed by atoms with van der Waals surface area (Å²) in [6, 6.07) is 2.52. The van der Waals surface area contributed by atoms with Crippen LogP contribution in [-0.4, -0.2) is 27.3 Å². The Balaban J connectivity index is 0.00000162. The van der Waals surface area contributed by atoms with Gasteiger partial charge in [-0.15, -0.1) is 12.4 Å². The molecule has 0 amide bonds. The highest BCUT2D eigenvalue weighted by molar-refractivity contribution is 9.10. The van der Waals surface area contributed by atoms with Crippen molar-refractivity contribution in [1.29, 1.82) is 0 Å². The van der Waals surface area contributed by atoms with Gasteiger partial charge in [-0.25, -0.2) is 0 Å². The Morgan fingerprint density at radius 1 is 1.28 bits per heavy atom. The molecule has 0 saturated carbocycles. The van der Waals surface area contributed by atoms with Gasteiger partial charge in [-0.2, -0.15) is 0 Å². The third-order valence-corrected chi connectivity index (χ3v) is 4.03. The minimum atomic E-state index is 0. The van der Waals surface area contributed by atoms with Crippen LogP contribution in [0.1, 0.15) is 17.5 Å². The van der Waals surface area contributed by atoms with Gasteiger partial charge in [-0.1, -0.05) is 0 Å². The van der Waals surface area contributed by atoms with E-state index in [0.717, 1.165) is 35.2 Å². The summed E-state index contributed by atoms with van der Waals surface area (Å²) >= 11 is 3.54. The van der Waals surface area contributed by atoms with Crippen LogP contribution in [0.25, 0.3) is 0 Å². The van der Waals surface area contributed by atoms with Gasteiger partial charge < -0.3 is 14.8 Å². The fraction of sp³-hybridized carbons (Fsp3) is 0.538. The van der Waals surface area contributed by atoms with Crippen LogP contribution < -0.4 is 14.8 Å². The van der Waals surface area contributed by atoms with Crippen LogP contribution in [0.5, 0.6) is 11.5 Å². The van der Waals surface area contributed by atoms with Gasteiger partial charge in [0.2, 0.25) is 0 Å². The van der Waals surface area contributed by atoms with Crippen LogP contribution in [-0.2, 0) is 12.8 Å². The summed E-state index contributed by atoms with van der Waals surface area (Å²) in [5.74, 6) is 1.91. The van der Waals surface area contributed by atoms with Crippen molar-refractivity contribution in [3.05, 3.63) is 21.7 Å². The number of methoxy groups -OCH3 is 2. The fourth-order valence-corrected chi connectivity index (χ4v) is 3.11. The zero-order valence-electron chi connectivity index (χ0n) is 10.9. The van der Waals surface area contributed by atoms with Crippen LogP contribution in [0.4, 0.5) is 0 Å². The molecule has 0 saturated heterocycles. The number of benzene rings is 1. The number of hydrogen-bond donors (Lipinski definition) is 1. The molecule has 1 unspecified atom stereocenters. The molecular formula is C13H19BrClNO2. The maximum absolute atomic E-state index is 5.51. The van der Waals surface area contributed by atoms with Crippen molar-refractivity contribution in [1.82, 2.24) is 5.32 Å². The van der Waals surface area contributed by atoms with E-state index in [9.17, 15) is 0 Å². The van der Waals surface area contributed by atoms with Gasteiger partial charge in [-0.05, 0) is 48.3 Å². The Kier molecular flexibility index (Phi) is 5.76. The maximum atomic E-state index is 5.51. The molecule has 2 rings (SSSR count). The lowest BCUT2D eigenvalue weighted by Gasteiger charge is -2.27. The van der Waals surface area contributed by atoms with Crippen molar-refractivity contribution < 1.29 is 9.47 Å². The molecule has 3 nitrogen and oxygen atoms in total. The second-order valence-corrected chi connectivity index (χ2v) is 5.13. The van der Waals surface area contributed by atoms with E-state index in [1.54, 1.807) is 14.2 Å². The Morgan fingerprint density at radius 3 is 2.56 bits per heavy atom. The predicted octanol–water partition coefficient (Wildman–Crippen LogP) is 2.96. The number of ether oxygens (including phenoxy) is 2. The molecule has 102 valence electrons. The molecule has 1 aromatic carbocycles. The standard InChI is InChI=1S/C13H18BrNO2.ClH/c1-15-8-4-5-9-10(6-8)13(17-3)11(14)7-12(9)16-2;/h7-8,15H,4-6H2,1-3H3;1H. The van der Waals surface area contributed by atoms with Gasteiger partial charge in [0.25, 0.3) is 0 Å². The summed E-state index contributed by atoms with van der Waals surface area (Å²) in [5, 5.41) is 3.34. The third-order valence-electron chi connectivity index (χ3n) is 3.44. The van der Waals surface area contributed by atoms with Crippen LogP contribution in [0.3, 0.4) is 0 Å². The highest BCUT2D eigenvalue weighted by Gasteiger charge is 2.25. The van der Waals surface area contributed by atoms with E-state index in [1.807, 2.05) is 13.1 Å². The molecule has 0 aromatic heterocycles. The number of likely N-dealkylation sites (N-methyl/N-ethyl adjacent to an activating group) is 1. The number of rotatable bonds is 3. The maximum Gasteiger partial charge on any atom is 0.136 e. The first kappa shape index (κ1) is 15.6. The highest BCUT2D eigenvalue weighted by atomic mass is 79.9. The van der Waals surface area contributed by atoms with E-state index in [0.29, 0.717) is 6.04 Å². The summed E-state index contributed by atoms with van der Waals surface area (Å²) < 4.78 is 11.9. The van der Waals surface area contributed by atoms with Gasteiger partial charge in [0.15, 0.2) is 0 Å². The zero-order chi connectivity index (χ0) is 12.4. The lowest BCUT2D eigenvalue weighted by Crippen LogP contribution is -2.32. The third kappa shape index (κ3) is 2.76. The minimum absolute atomic E-state index is 0. The van der Waals surface area contributed by atoms with Gasteiger partial charge in [0, 0.05) is 17.2 Å². The van der Waals surface area contributed by atoms with E-state index in [4.69, 9.17) is 9.47 Å². The van der Waals surface area contributed by atoms with Crippen molar-refractivity contribution in [2.24, 2.45) is 0 Å². The average Bonchev–Trinajstić information content (AvgIpc) is 2.37. The molecule has 1 aliphatic rings. The number of nitrogens with one attached hydrogen (secondary N) is 1. The smallest absolute Gasteiger partial charge is 0.136 e. The molecular weight excluding hydrogens is 318 g/mol. The summed E-state index contributed by atoms with van der Waals surface area (Å²) in [6.07, 6.45) is 3.17. The van der Waals surface area contributed by atoms with Crippen molar-refractivity contribution in [2.75, 3.05) is 21.3 Å². The lowest BCUT2D eigenvalue weighted by atomic mass is 9.87. The number of fused-ring (bicyclic) bond motifs is 1. The van der Waals surface area contributed by atoms with Crippen LogP contribution in [0.15, 0.2) is 10.5 Å². The van der Waals surface area contributed by atoms with Gasteiger partial charge in [-0.3, -0.25) is 0 Å². The Labute approximate surface area is 123 Å². The topological polar surface area (TPSA) is 30.5 Å². The largest absolute Gasteiger partial charge is 0.496 e. The van der Waals surface area contributed by atoms with E-state index in [2.05, 4.69) is 21.2 Å². The van der Waals surface area contributed by atoms with Crippen LogP contribution >= 0.6 is 28.3 Å². The Morgan fingerprint density at radius 2 is 2.00 bits per heavy atom. The fourth-order valence-electron chi connectivity index (χ4n) is 2.50. The zero-order valence-corrected chi connectivity index (χ0v) is 13.3. The molecule has 0 fully saturated rings. The molecule has 18 heavy (non-hydrogen) atoms. The lowest BCUT2D eigenvalue weighted by molar-refractivity contribution is 0.378. The molecule has 0 aliphatic heterocycles. The number of hydrogen-bond acceptors (Lipinski definition) is 3. The minimum Gasteiger partial charge on any atom is -0.496 e. The van der Waals surface area contributed by atoms with Crippen molar-refractivity contribution in [3.63, 3.8) is 0 Å². The van der Waals surface area contributed by atoms with E-state index in [-0.39, 0.29) is 12.4 Å². The second kappa shape index (κ2) is 6.64. The first-order valence-corrected chi connectivity index (χ1v) is 6.60. The van der Waals surface area contributed by atoms with E-state index in [1.165, 1.54) is 11.1 Å². The highest BCUT2D eigenvalue weighted by Crippen LogP contribution is 2.41. The quantitative estimate of drug-likeness (QED) is 0.920. The van der Waals surface area contributed by atoms with Crippen LogP contribution in [0, 0.1) is 0 Å². The van der Waals surface area contributed by atoms with Gasteiger partial charge in [0.05, 0.1) is 18.7 Å². The summed E-state index contributed by atoms with van der Waals surface area (Å²) in [5.41, 5.74) is 2.56. The van der Waals surface area contributed by atoms with E-state index < -0.39 is 0 Å². The summed E-state index contributed by atoms with van der Waals surface area (Å²) in [7, 11) is 5.45.